The molecule has 0 aromatic carbocycles. The Bertz CT molecular complexity index is 425. The average molecular weight is 263 g/mol. The maximum Gasteiger partial charge on any atom is 0.128 e. The van der Waals surface area contributed by atoms with Gasteiger partial charge in [-0.15, -0.1) is 11.3 Å². The number of aromatic nitrogens is 1. The molecule has 98 valence electrons. The van der Waals surface area contributed by atoms with Gasteiger partial charge in [-0.05, 0) is 38.3 Å². The van der Waals surface area contributed by atoms with Gasteiger partial charge in [0.05, 0.1) is 10.7 Å². The number of nitriles is 1. The molecule has 0 atom stereocenters. The van der Waals surface area contributed by atoms with Gasteiger partial charge in [0.15, 0.2) is 0 Å². The van der Waals surface area contributed by atoms with E-state index >= 15 is 0 Å². The standard InChI is InChI=1S/C14H21N3S/c1-3-12-13(10-15)18-14(16-12)6-9-17-7-4-11(2)5-8-17/h11H,3-9H2,1-2H3. The smallest absolute Gasteiger partial charge is 0.128 e. The Morgan fingerprint density at radius 1 is 1.44 bits per heavy atom. The molecule has 0 bridgehead atoms. The number of hydrogen-bond acceptors (Lipinski definition) is 4. The van der Waals surface area contributed by atoms with Crippen LogP contribution in [0, 0.1) is 17.2 Å². The molecule has 1 saturated heterocycles. The van der Waals surface area contributed by atoms with Gasteiger partial charge in [0.25, 0.3) is 0 Å². The largest absolute Gasteiger partial charge is 0.303 e. The molecule has 1 aromatic heterocycles. The predicted molar refractivity (Wildman–Crippen MR) is 74.7 cm³/mol. The maximum absolute atomic E-state index is 9.02. The van der Waals surface area contributed by atoms with Gasteiger partial charge in [-0.3, -0.25) is 0 Å². The highest BCUT2D eigenvalue weighted by molar-refractivity contribution is 7.12. The minimum atomic E-state index is 0.805. The Morgan fingerprint density at radius 2 is 2.17 bits per heavy atom. The normalized spacial score (nSPS) is 17.8. The van der Waals surface area contributed by atoms with Crippen LogP contribution in [-0.4, -0.2) is 29.5 Å². The van der Waals surface area contributed by atoms with Crippen molar-refractivity contribution in [1.82, 2.24) is 9.88 Å². The molecule has 0 spiro atoms. The molecule has 0 N–H and O–H groups in total. The molecule has 3 nitrogen and oxygen atoms in total. The van der Waals surface area contributed by atoms with E-state index in [0.717, 1.165) is 40.9 Å². The number of nitrogens with zero attached hydrogens (tertiary/aromatic N) is 3. The molecular weight excluding hydrogens is 242 g/mol. The fourth-order valence-corrected chi connectivity index (χ4v) is 3.31. The molecule has 1 aromatic rings. The van der Waals surface area contributed by atoms with E-state index in [1.165, 1.54) is 25.9 Å². The van der Waals surface area contributed by atoms with Gasteiger partial charge in [0.1, 0.15) is 10.9 Å². The Labute approximate surface area is 113 Å². The van der Waals surface area contributed by atoms with Gasteiger partial charge in [-0.25, -0.2) is 4.98 Å². The molecule has 0 aliphatic carbocycles. The first-order valence-electron chi connectivity index (χ1n) is 6.84. The third-order valence-electron chi connectivity index (χ3n) is 3.70. The molecule has 0 unspecified atom stereocenters. The Kier molecular flexibility index (Phi) is 4.73. The summed E-state index contributed by atoms with van der Waals surface area (Å²) in [7, 11) is 0. The first kappa shape index (κ1) is 13.5. The van der Waals surface area contributed by atoms with Crippen LogP contribution in [0.2, 0.25) is 0 Å². The monoisotopic (exact) mass is 263 g/mol. The van der Waals surface area contributed by atoms with E-state index in [1.54, 1.807) is 11.3 Å². The summed E-state index contributed by atoms with van der Waals surface area (Å²) in [6.07, 6.45) is 4.50. The van der Waals surface area contributed by atoms with Crippen molar-refractivity contribution in [3.63, 3.8) is 0 Å². The van der Waals surface area contributed by atoms with E-state index in [2.05, 4.69) is 29.8 Å². The van der Waals surface area contributed by atoms with Crippen LogP contribution in [0.15, 0.2) is 0 Å². The van der Waals surface area contributed by atoms with Crippen molar-refractivity contribution in [2.24, 2.45) is 5.92 Å². The van der Waals surface area contributed by atoms with Gasteiger partial charge in [0, 0.05) is 13.0 Å². The summed E-state index contributed by atoms with van der Waals surface area (Å²) < 4.78 is 0. The quantitative estimate of drug-likeness (QED) is 0.838. The number of aryl methyl sites for hydroxylation is 1. The SMILES string of the molecule is CCc1nc(CCN2CCC(C)CC2)sc1C#N. The molecule has 1 aliphatic rings. The van der Waals surface area contributed by atoms with Gasteiger partial charge in [-0.1, -0.05) is 13.8 Å². The fraction of sp³-hybridized carbons (Fsp3) is 0.714. The summed E-state index contributed by atoms with van der Waals surface area (Å²) in [6, 6.07) is 2.25. The summed E-state index contributed by atoms with van der Waals surface area (Å²) in [6.45, 7) is 7.93. The number of rotatable bonds is 4. The van der Waals surface area contributed by atoms with E-state index in [9.17, 15) is 0 Å². The highest BCUT2D eigenvalue weighted by Crippen LogP contribution is 2.20. The summed E-state index contributed by atoms with van der Waals surface area (Å²) in [5.41, 5.74) is 0.977. The molecule has 1 fully saturated rings. The molecule has 1 aliphatic heterocycles. The van der Waals surface area contributed by atoms with E-state index in [0.29, 0.717) is 0 Å². The Balaban J connectivity index is 1.87. The fourth-order valence-electron chi connectivity index (χ4n) is 2.37. The van der Waals surface area contributed by atoms with Crippen LogP contribution in [0.25, 0.3) is 0 Å². The topological polar surface area (TPSA) is 39.9 Å². The zero-order valence-electron chi connectivity index (χ0n) is 11.3. The molecule has 0 saturated carbocycles. The molecule has 2 heterocycles. The van der Waals surface area contributed by atoms with Gasteiger partial charge < -0.3 is 4.90 Å². The maximum atomic E-state index is 9.02. The molecule has 18 heavy (non-hydrogen) atoms. The third-order valence-corrected chi connectivity index (χ3v) is 4.76. The highest BCUT2D eigenvalue weighted by atomic mass is 32.1. The van der Waals surface area contributed by atoms with E-state index < -0.39 is 0 Å². The van der Waals surface area contributed by atoms with Crippen molar-refractivity contribution < 1.29 is 0 Å². The number of piperidine rings is 1. The second kappa shape index (κ2) is 6.31. The summed E-state index contributed by atoms with van der Waals surface area (Å²) >= 11 is 1.57. The van der Waals surface area contributed by atoms with Crippen molar-refractivity contribution in [3.8, 4) is 6.07 Å². The lowest BCUT2D eigenvalue weighted by Crippen LogP contribution is -2.34. The first-order valence-corrected chi connectivity index (χ1v) is 7.65. The molecular formula is C14H21N3S. The van der Waals surface area contributed by atoms with E-state index in [-0.39, 0.29) is 0 Å². The number of hydrogen-bond donors (Lipinski definition) is 0. The van der Waals surface area contributed by atoms with Crippen LogP contribution >= 0.6 is 11.3 Å². The molecule has 4 heteroatoms. The third kappa shape index (κ3) is 3.30. The second-order valence-corrected chi connectivity index (χ2v) is 6.21. The molecule has 0 radical (unpaired) electrons. The highest BCUT2D eigenvalue weighted by Gasteiger charge is 2.16. The zero-order valence-corrected chi connectivity index (χ0v) is 12.1. The zero-order chi connectivity index (χ0) is 13.0. The van der Waals surface area contributed by atoms with Crippen LogP contribution in [-0.2, 0) is 12.8 Å². The second-order valence-electron chi connectivity index (χ2n) is 5.12. The Morgan fingerprint density at radius 3 is 2.72 bits per heavy atom. The molecule has 0 amide bonds. The van der Waals surface area contributed by atoms with Crippen molar-refractivity contribution in [3.05, 3.63) is 15.6 Å². The Hall–Kier alpha value is -0.920. The lowest BCUT2D eigenvalue weighted by Gasteiger charge is -2.29. The predicted octanol–water partition coefficient (Wildman–Crippen LogP) is 2.85. The summed E-state index contributed by atoms with van der Waals surface area (Å²) in [5.74, 6) is 0.887. The van der Waals surface area contributed by atoms with Gasteiger partial charge in [-0.2, -0.15) is 5.26 Å². The van der Waals surface area contributed by atoms with Crippen molar-refractivity contribution in [1.29, 1.82) is 5.26 Å². The summed E-state index contributed by atoms with van der Waals surface area (Å²) in [5, 5.41) is 10.1. The van der Waals surface area contributed by atoms with Crippen molar-refractivity contribution in [2.45, 2.75) is 39.5 Å². The van der Waals surface area contributed by atoms with Crippen LogP contribution in [0.4, 0.5) is 0 Å². The van der Waals surface area contributed by atoms with E-state index in [4.69, 9.17) is 5.26 Å². The molecule has 2 rings (SSSR count). The number of likely N-dealkylation sites (tertiary alicyclic amines) is 1. The lowest BCUT2D eigenvalue weighted by molar-refractivity contribution is 0.194. The van der Waals surface area contributed by atoms with Gasteiger partial charge >= 0.3 is 0 Å². The van der Waals surface area contributed by atoms with Crippen LogP contribution < -0.4 is 0 Å². The van der Waals surface area contributed by atoms with Crippen molar-refractivity contribution in [2.75, 3.05) is 19.6 Å². The lowest BCUT2D eigenvalue weighted by atomic mass is 9.99. The van der Waals surface area contributed by atoms with Gasteiger partial charge in [0.2, 0.25) is 0 Å². The van der Waals surface area contributed by atoms with Crippen LogP contribution in [0.1, 0.15) is 42.3 Å². The first-order chi connectivity index (χ1) is 8.72. The minimum Gasteiger partial charge on any atom is -0.303 e. The minimum absolute atomic E-state index is 0.805. The number of thiazole rings is 1. The van der Waals surface area contributed by atoms with Crippen LogP contribution in [0.3, 0.4) is 0 Å². The van der Waals surface area contributed by atoms with E-state index in [1.807, 2.05) is 0 Å². The van der Waals surface area contributed by atoms with Crippen molar-refractivity contribution >= 4 is 11.3 Å². The summed E-state index contributed by atoms with van der Waals surface area (Å²) in [4.78, 5) is 7.90. The average Bonchev–Trinajstić information content (AvgIpc) is 2.80. The van der Waals surface area contributed by atoms with Crippen LogP contribution in [0.5, 0.6) is 0 Å².